The number of nitrogens with one attached hydrogen (secondary N) is 1. The molecular formula is C14H17FN2. The molecular weight excluding hydrogens is 215 g/mol. The van der Waals surface area contributed by atoms with Gasteiger partial charge in [-0.2, -0.15) is 0 Å². The normalized spacial score (nSPS) is 10.9. The average Bonchev–Trinajstić information content (AvgIpc) is 2.31. The Morgan fingerprint density at radius 3 is 2.59 bits per heavy atom. The Bertz CT molecular complexity index is 576. The maximum absolute atomic E-state index is 13.6. The number of halogens is 1. The summed E-state index contributed by atoms with van der Waals surface area (Å²) in [6.45, 7) is 5.89. The van der Waals surface area contributed by atoms with E-state index in [4.69, 9.17) is 0 Å². The Morgan fingerprint density at radius 1 is 1.29 bits per heavy atom. The first-order valence-electron chi connectivity index (χ1n) is 5.85. The Morgan fingerprint density at radius 2 is 2.00 bits per heavy atom. The molecule has 2 rings (SSSR count). The van der Waals surface area contributed by atoms with E-state index < -0.39 is 0 Å². The Balaban J connectivity index is 2.88. The molecule has 0 fully saturated rings. The van der Waals surface area contributed by atoms with Gasteiger partial charge >= 0.3 is 0 Å². The van der Waals surface area contributed by atoms with E-state index in [0.29, 0.717) is 5.56 Å². The van der Waals surface area contributed by atoms with Crippen molar-refractivity contribution in [1.82, 2.24) is 4.98 Å². The third kappa shape index (κ3) is 1.86. The SMILES string of the molecule is CCc1nc2cc(F)c(C)cc2c(NC)c1C. The van der Waals surface area contributed by atoms with Gasteiger partial charge in [0.1, 0.15) is 5.82 Å². The molecule has 0 saturated carbocycles. The number of rotatable bonds is 2. The van der Waals surface area contributed by atoms with Crippen LogP contribution in [0.2, 0.25) is 0 Å². The number of nitrogens with zero attached hydrogens (tertiary/aromatic N) is 1. The predicted molar refractivity (Wildman–Crippen MR) is 70.1 cm³/mol. The van der Waals surface area contributed by atoms with Gasteiger partial charge in [-0.3, -0.25) is 4.98 Å². The topological polar surface area (TPSA) is 24.9 Å². The third-order valence-corrected chi connectivity index (χ3v) is 3.19. The van der Waals surface area contributed by atoms with Crippen LogP contribution in [0.15, 0.2) is 12.1 Å². The van der Waals surface area contributed by atoms with Crippen LogP contribution in [0, 0.1) is 19.7 Å². The fourth-order valence-electron chi connectivity index (χ4n) is 2.21. The highest BCUT2D eigenvalue weighted by Gasteiger charge is 2.11. The molecule has 0 saturated heterocycles. The molecule has 1 heterocycles. The van der Waals surface area contributed by atoms with Crippen LogP contribution < -0.4 is 5.32 Å². The lowest BCUT2D eigenvalue weighted by Gasteiger charge is -2.14. The summed E-state index contributed by atoms with van der Waals surface area (Å²) in [5, 5.41) is 4.18. The minimum Gasteiger partial charge on any atom is -0.387 e. The molecule has 0 bridgehead atoms. The van der Waals surface area contributed by atoms with Crippen LogP contribution in [0.5, 0.6) is 0 Å². The highest BCUT2D eigenvalue weighted by atomic mass is 19.1. The van der Waals surface area contributed by atoms with Gasteiger partial charge in [-0.1, -0.05) is 6.92 Å². The molecule has 1 aromatic heterocycles. The van der Waals surface area contributed by atoms with Crippen LogP contribution in [0.25, 0.3) is 10.9 Å². The summed E-state index contributed by atoms with van der Waals surface area (Å²) in [6.07, 6.45) is 0.853. The minimum absolute atomic E-state index is 0.196. The van der Waals surface area contributed by atoms with Gasteiger partial charge in [-0.25, -0.2) is 4.39 Å². The number of anilines is 1. The van der Waals surface area contributed by atoms with Crippen molar-refractivity contribution in [2.24, 2.45) is 0 Å². The zero-order chi connectivity index (χ0) is 12.6. The second-order valence-corrected chi connectivity index (χ2v) is 4.28. The molecule has 0 atom stereocenters. The first kappa shape index (κ1) is 11.8. The summed E-state index contributed by atoms with van der Waals surface area (Å²) in [4.78, 5) is 4.52. The van der Waals surface area contributed by atoms with Crippen LogP contribution in [-0.4, -0.2) is 12.0 Å². The molecule has 0 spiro atoms. The molecule has 2 aromatic rings. The molecule has 90 valence electrons. The zero-order valence-electron chi connectivity index (χ0n) is 10.7. The predicted octanol–water partition coefficient (Wildman–Crippen LogP) is 3.59. The van der Waals surface area contributed by atoms with E-state index in [1.807, 2.05) is 13.1 Å². The highest BCUT2D eigenvalue weighted by molar-refractivity contribution is 5.93. The molecule has 0 radical (unpaired) electrons. The highest BCUT2D eigenvalue weighted by Crippen LogP contribution is 2.29. The van der Waals surface area contributed by atoms with Gasteiger partial charge in [0.15, 0.2) is 0 Å². The van der Waals surface area contributed by atoms with E-state index in [9.17, 15) is 4.39 Å². The molecule has 0 aliphatic rings. The van der Waals surface area contributed by atoms with Gasteiger partial charge in [-0.15, -0.1) is 0 Å². The molecule has 0 amide bonds. The van der Waals surface area contributed by atoms with Crippen LogP contribution in [0.3, 0.4) is 0 Å². The van der Waals surface area contributed by atoms with E-state index in [-0.39, 0.29) is 5.82 Å². The van der Waals surface area contributed by atoms with Crippen molar-refractivity contribution in [2.75, 3.05) is 12.4 Å². The summed E-state index contributed by atoms with van der Waals surface area (Å²) in [5.41, 5.74) is 4.59. The average molecular weight is 232 g/mol. The number of hydrogen-bond donors (Lipinski definition) is 1. The van der Waals surface area contributed by atoms with E-state index in [0.717, 1.165) is 34.3 Å². The number of pyridine rings is 1. The quantitative estimate of drug-likeness (QED) is 0.855. The smallest absolute Gasteiger partial charge is 0.128 e. The standard InChI is InChI=1S/C14H17FN2/c1-5-12-9(3)14(16-4)10-6-8(2)11(15)7-13(10)17-12/h6-7H,5H2,1-4H3,(H,16,17). The van der Waals surface area contributed by atoms with Crippen molar-refractivity contribution in [3.8, 4) is 0 Å². The van der Waals surface area contributed by atoms with Crippen molar-refractivity contribution in [1.29, 1.82) is 0 Å². The van der Waals surface area contributed by atoms with Gasteiger partial charge in [0, 0.05) is 29.9 Å². The first-order chi connectivity index (χ1) is 8.08. The van der Waals surface area contributed by atoms with E-state index in [2.05, 4.69) is 24.1 Å². The van der Waals surface area contributed by atoms with Gasteiger partial charge < -0.3 is 5.32 Å². The minimum atomic E-state index is -0.196. The lowest BCUT2D eigenvalue weighted by molar-refractivity contribution is 0.620. The van der Waals surface area contributed by atoms with Crippen molar-refractivity contribution in [2.45, 2.75) is 27.2 Å². The molecule has 2 nitrogen and oxygen atoms in total. The van der Waals surface area contributed by atoms with Crippen molar-refractivity contribution in [3.05, 3.63) is 34.8 Å². The largest absolute Gasteiger partial charge is 0.387 e. The maximum Gasteiger partial charge on any atom is 0.128 e. The summed E-state index contributed by atoms with van der Waals surface area (Å²) >= 11 is 0. The van der Waals surface area contributed by atoms with E-state index in [1.54, 1.807) is 6.92 Å². The second-order valence-electron chi connectivity index (χ2n) is 4.28. The lowest BCUT2D eigenvalue weighted by atomic mass is 10.0. The monoisotopic (exact) mass is 232 g/mol. The van der Waals surface area contributed by atoms with Gasteiger partial charge in [0.25, 0.3) is 0 Å². The number of aromatic nitrogens is 1. The Hall–Kier alpha value is -1.64. The zero-order valence-corrected chi connectivity index (χ0v) is 10.7. The van der Waals surface area contributed by atoms with Crippen molar-refractivity contribution in [3.63, 3.8) is 0 Å². The Kier molecular flexibility index (Phi) is 3.01. The van der Waals surface area contributed by atoms with Gasteiger partial charge in [-0.05, 0) is 37.5 Å². The summed E-state index contributed by atoms with van der Waals surface area (Å²) in [5.74, 6) is -0.196. The second kappa shape index (κ2) is 4.32. The number of aryl methyl sites for hydroxylation is 2. The molecule has 1 N–H and O–H groups in total. The van der Waals surface area contributed by atoms with Crippen molar-refractivity contribution < 1.29 is 4.39 Å². The van der Waals surface area contributed by atoms with Crippen LogP contribution >= 0.6 is 0 Å². The fourth-order valence-corrected chi connectivity index (χ4v) is 2.21. The molecule has 17 heavy (non-hydrogen) atoms. The fraction of sp³-hybridized carbons (Fsp3) is 0.357. The number of hydrogen-bond acceptors (Lipinski definition) is 2. The van der Waals surface area contributed by atoms with E-state index in [1.165, 1.54) is 6.07 Å². The lowest BCUT2D eigenvalue weighted by Crippen LogP contribution is -2.01. The third-order valence-electron chi connectivity index (χ3n) is 3.19. The molecule has 0 aliphatic heterocycles. The summed E-state index contributed by atoms with van der Waals surface area (Å²) < 4.78 is 13.6. The van der Waals surface area contributed by atoms with Crippen LogP contribution in [0.1, 0.15) is 23.7 Å². The molecule has 1 aromatic carbocycles. The number of fused-ring (bicyclic) bond motifs is 1. The summed E-state index contributed by atoms with van der Waals surface area (Å²) in [6, 6.07) is 3.38. The maximum atomic E-state index is 13.6. The molecule has 3 heteroatoms. The van der Waals surface area contributed by atoms with E-state index >= 15 is 0 Å². The van der Waals surface area contributed by atoms with Gasteiger partial charge in [0.2, 0.25) is 0 Å². The number of benzene rings is 1. The molecule has 0 aliphatic carbocycles. The van der Waals surface area contributed by atoms with Crippen molar-refractivity contribution >= 4 is 16.6 Å². The summed E-state index contributed by atoms with van der Waals surface area (Å²) in [7, 11) is 1.89. The molecule has 0 unspecified atom stereocenters. The van der Waals surface area contributed by atoms with Gasteiger partial charge in [0.05, 0.1) is 5.52 Å². The Labute approximate surface area is 101 Å². The first-order valence-corrected chi connectivity index (χ1v) is 5.85. The van der Waals surface area contributed by atoms with Crippen LogP contribution in [0.4, 0.5) is 10.1 Å². The van der Waals surface area contributed by atoms with Crippen LogP contribution in [-0.2, 0) is 6.42 Å².